The van der Waals surface area contributed by atoms with Gasteiger partial charge >= 0.3 is 0 Å². The molecule has 4 nitrogen and oxygen atoms in total. The first-order valence-electron chi connectivity index (χ1n) is 8.73. The molecule has 0 bridgehead atoms. The Morgan fingerprint density at radius 1 is 1.24 bits per heavy atom. The third-order valence-electron chi connectivity index (χ3n) is 4.48. The predicted octanol–water partition coefficient (Wildman–Crippen LogP) is 3.37. The van der Waals surface area contributed by atoms with Gasteiger partial charge in [0.25, 0.3) is 0 Å². The summed E-state index contributed by atoms with van der Waals surface area (Å²) in [5, 5.41) is 6.34. The maximum absolute atomic E-state index is 13.6. The zero-order valence-electron chi connectivity index (χ0n) is 15.0. The third kappa shape index (κ3) is 7.43. The zero-order valence-corrected chi connectivity index (χ0v) is 17.4. The molecule has 25 heavy (non-hydrogen) atoms. The van der Waals surface area contributed by atoms with Crippen LogP contribution in [0.2, 0.25) is 0 Å². The Labute approximate surface area is 166 Å². The van der Waals surface area contributed by atoms with Crippen LogP contribution in [0.1, 0.15) is 31.7 Å². The molecule has 1 fully saturated rings. The summed E-state index contributed by atoms with van der Waals surface area (Å²) in [6.45, 7) is 6.76. The Balaban J connectivity index is 0.00000312. The van der Waals surface area contributed by atoms with Crippen molar-refractivity contribution < 1.29 is 8.78 Å². The summed E-state index contributed by atoms with van der Waals surface area (Å²) >= 11 is 0. The number of guanidine groups is 1. The second kappa shape index (κ2) is 11.6. The molecule has 0 atom stereocenters. The highest BCUT2D eigenvalue weighted by Gasteiger charge is 2.18. The highest BCUT2D eigenvalue weighted by molar-refractivity contribution is 14.0. The van der Waals surface area contributed by atoms with Crippen LogP contribution in [-0.4, -0.2) is 44.1 Å². The fourth-order valence-electron chi connectivity index (χ4n) is 3.05. The van der Waals surface area contributed by atoms with Crippen molar-refractivity contribution >= 4 is 29.9 Å². The van der Waals surface area contributed by atoms with Crippen molar-refractivity contribution in [2.45, 2.75) is 32.7 Å². The quantitative estimate of drug-likeness (QED) is 0.384. The highest BCUT2D eigenvalue weighted by Crippen LogP contribution is 2.16. The molecule has 2 N–H and O–H groups in total. The van der Waals surface area contributed by atoms with Gasteiger partial charge in [-0.15, -0.1) is 24.0 Å². The minimum Gasteiger partial charge on any atom is -0.356 e. The standard InChI is InChI=1S/C18H28F2N4.HI/c1-3-8-24-9-6-14(7-10-24)12-22-18(21-2)23-13-15-11-16(19)4-5-17(15)20;/h4-5,11,14H,3,6-10,12-13H2,1-2H3,(H2,21,22,23);1H. The average molecular weight is 466 g/mol. The third-order valence-corrected chi connectivity index (χ3v) is 4.48. The van der Waals surface area contributed by atoms with E-state index in [4.69, 9.17) is 0 Å². The first kappa shape index (κ1) is 22.1. The largest absolute Gasteiger partial charge is 0.356 e. The number of likely N-dealkylation sites (tertiary alicyclic amines) is 1. The van der Waals surface area contributed by atoms with Crippen molar-refractivity contribution in [3.8, 4) is 0 Å². The van der Waals surface area contributed by atoms with Crippen LogP contribution < -0.4 is 10.6 Å². The van der Waals surface area contributed by atoms with Crippen molar-refractivity contribution in [3.05, 3.63) is 35.4 Å². The van der Waals surface area contributed by atoms with Gasteiger partial charge in [0.05, 0.1) is 0 Å². The summed E-state index contributed by atoms with van der Waals surface area (Å²) < 4.78 is 26.8. The molecule has 1 aromatic rings. The number of hydrogen-bond acceptors (Lipinski definition) is 2. The Hall–Kier alpha value is -0.960. The summed E-state index contributed by atoms with van der Waals surface area (Å²) in [7, 11) is 1.68. The molecule has 2 rings (SSSR count). The van der Waals surface area contributed by atoms with E-state index in [0.29, 0.717) is 17.4 Å². The summed E-state index contributed by atoms with van der Waals surface area (Å²) in [5.74, 6) is 0.398. The molecule has 0 spiro atoms. The van der Waals surface area contributed by atoms with Gasteiger partial charge in [0.1, 0.15) is 11.6 Å². The van der Waals surface area contributed by atoms with Crippen LogP contribution in [-0.2, 0) is 6.54 Å². The van der Waals surface area contributed by atoms with E-state index in [9.17, 15) is 8.78 Å². The summed E-state index contributed by atoms with van der Waals surface area (Å²) in [4.78, 5) is 6.66. The van der Waals surface area contributed by atoms with Crippen LogP contribution in [0.25, 0.3) is 0 Å². The van der Waals surface area contributed by atoms with E-state index in [1.165, 1.54) is 31.9 Å². The molecule has 7 heteroatoms. The van der Waals surface area contributed by atoms with Gasteiger partial charge in [0.15, 0.2) is 5.96 Å². The number of nitrogens with zero attached hydrogens (tertiary/aromatic N) is 2. The molecule has 0 radical (unpaired) electrons. The number of hydrogen-bond donors (Lipinski definition) is 2. The Morgan fingerprint density at radius 2 is 1.96 bits per heavy atom. The molecule has 0 amide bonds. The van der Waals surface area contributed by atoms with Crippen molar-refractivity contribution in [1.82, 2.24) is 15.5 Å². The molecule has 142 valence electrons. The lowest BCUT2D eigenvalue weighted by atomic mass is 9.97. The van der Waals surface area contributed by atoms with E-state index in [2.05, 4.69) is 27.4 Å². The summed E-state index contributed by atoms with van der Waals surface area (Å²) in [6.07, 6.45) is 3.57. The molecule has 0 aromatic heterocycles. The first-order chi connectivity index (χ1) is 11.6. The second-order valence-electron chi connectivity index (χ2n) is 6.33. The molecule has 1 heterocycles. The Morgan fingerprint density at radius 3 is 2.60 bits per heavy atom. The van der Waals surface area contributed by atoms with Crippen LogP contribution >= 0.6 is 24.0 Å². The van der Waals surface area contributed by atoms with Gasteiger partial charge in [-0.1, -0.05) is 6.92 Å². The van der Waals surface area contributed by atoms with Gasteiger partial charge < -0.3 is 15.5 Å². The maximum atomic E-state index is 13.6. The molecule has 1 aliphatic heterocycles. The fraction of sp³-hybridized carbons (Fsp3) is 0.611. The number of aliphatic imine (C=N–C) groups is 1. The lowest BCUT2D eigenvalue weighted by Crippen LogP contribution is -2.42. The topological polar surface area (TPSA) is 39.7 Å². The number of rotatable bonds is 6. The van der Waals surface area contributed by atoms with Crippen LogP contribution in [0.3, 0.4) is 0 Å². The molecule has 0 unspecified atom stereocenters. The van der Waals surface area contributed by atoms with Crippen molar-refractivity contribution in [1.29, 1.82) is 0 Å². The second-order valence-corrected chi connectivity index (χ2v) is 6.33. The Kier molecular flexibility index (Phi) is 10.3. The van der Waals surface area contributed by atoms with Crippen molar-refractivity contribution in [3.63, 3.8) is 0 Å². The van der Waals surface area contributed by atoms with Gasteiger partial charge in [-0.05, 0) is 63.0 Å². The van der Waals surface area contributed by atoms with Crippen LogP contribution in [0.5, 0.6) is 0 Å². The minimum absolute atomic E-state index is 0. The highest BCUT2D eigenvalue weighted by atomic mass is 127. The predicted molar refractivity (Wildman–Crippen MR) is 109 cm³/mol. The normalized spacial score (nSPS) is 16.4. The van der Waals surface area contributed by atoms with Gasteiger partial charge in [0.2, 0.25) is 0 Å². The molecule has 1 saturated heterocycles. The molecular formula is C18H29F2IN4. The summed E-state index contributed by atoms with van der Waals surface area (Å²) in [5.41, 5.74) is 0.297. The van der Waals surface area contributed by atoms with E-state index in [1.54, 1.807) is 7.05 Å². The summed E-state index contributed by atoms with van der Waals surface area (Å²) in [6, 6.07) is 3.47. The SMILES string of the molecule is CCCN1CCC(CNC(=NC)NCc2cc(F)ccc2F)CC1.I. The van der Waals surface area contributed by atoms with E-state index >= 15 is 0 Å². The molecule has 0 aliphatic carbocycles. The van der Waals surface area contributed by atoms with Gasteiger partial charge in [-0.25, -0.2) is 8.78 Å². The lowest BCUT2D eigenvalue weighted by Gasteiger charge is -2.32. The molecular weight excluding hydrogens is 437 g/mol. The number of halogens is 3. The van der Waals surface area contributed by atoms with Gasteiger partial charge in [0, 0.05) is 25.7 Å². The average Bonchev–Trinajstić information content (AvgIpc) is 2.59. The fourth-order valence-corrected chi connectivity index (χ4v) is 3.05. The van der Waals surface area contributed by atoms with Crippen LogP contribution in [0, 0.1) is 17.6 Å². The van der Waals surface area contributed by atoms with E-state index < -0.39 is 11.6 Å². The first-order valence-corrected chi connectivity index (χ1v) is 8.73. The maximum Gasteiger partial charge on any atom is 0.191 e. The van der Waals surface area contributed by atoms with Crippen LogP contribution in [0.15, 0.2) is 23.2 Å². The lowest BCUT2D eigenvalue weighted by molar-refractivity contribution is 0.185. The zero-order chi connectivity index (χ0) is 17.4. The monoisotopic (exact) mass is 466 g/mol. The Bertz CT molecular complexity index is 546. The van der Waals surface area contributed by atoms with Crippen LogP contribution in [0.4, 0.5) is 8.78 Å². The molecule has 0 saturated carbocycles. The van der Waals surface area contributed by atoms with Crippen molar-refractivity contribution in [2.24, 2.45) is 10.9 Å². The molecule has 1 aliphatic rings. The molecule has 1 aromatic carbocycles. The number of nitrogens with one attached hydrogen (secondary N) is 2. The van der Waals surface area contributed by atoms with Crippen molar-refractivity contribution in [2.75, 3.05) is 33.2 Å². The minimum atomic E-state index is -0.435. The van der Waals surface area contributed by atoms with Gasteiger partial charge in [-0.3, -0.25) is 4.99 Å². The number of benzene rings is 1. The number of piperidine rings is 1. The smallest absolute Gasteiger partial charge is 0.191 e. The van der Waals surface area contributed by atoms with E-state index in [1.807, 2.05) is 0 Å². The van der Waals surface area contributed by atoms with Gasteiger partial charge in [-0.2, -0.15) is 0 Å². The van der Waals surface area contributed by atoms with E-state index in [-0.39, 0.29) is 30.5 Å². The van der Waals surface area contributed by atoms with E-state index in [0.717, 1.165) is 31.8 Å².